The maximum Gasteiger partial charge on any atom is 0.196 e. The van der Waals surface area contributed by atoms with E-state index >= 15 is 0 Å². The lowest BCUT2D eigenvalue weighted by Crippen LogP contribution is -2.48. The van der Waals surface area contributed by atoms with Gasteiger partial charge in [-0.3, -0.25) is 20.2 Å². The van der Waals surface area contributed by atoms with E-state index < -0.39 is 0 Å². The zero-order valence-corrected chi connectivity index (χ0v) is 12.1. The number of hydrazine groups is 1. The molecule has 0 atom stereocenters. The van der Waals surface area contributed by atoms with Crippen LogP contribution in [0.25, 0.3) is 0 Å². The van der Waals surface area contributed by atoms with Gasteiger partial charge < -0.3 is 0 Å². The van der Waals surface area contributed by atoms with Crippen LogP contribution < -0.4 is 5.43 Å². The van der Waals surface area contributed by atoms with Crippen molar-refractivity contribution in [3.8, 4) is 0 Å². The molecule has 1 saturated heterocycles. The Labute approximate surface area is 113 Å². The number of hydrogen-bond acceptors (Lipinski definition) is 3. The smallest absolute Gasteiger partial charge is 0.196 e. The lowest BCUT2D eigenvalue weighted by Gasteiger charge is -2.28. The number of rotatable bonds is 3. The van der Waals surface area contributed by atoms with Crippen molar-refractivity contribution in [3.05, 3.63) is 0 Å². The molecule has 0 radical (unpaired) electrons. The van der Waals surface area contributed by atoms with Gasteiger partial charge in [-0.1, -0.05) is 0 Å². The average Bonchev–Trinajstić information content (AvgIpc) is 2.34. The molecule has 0 bridgehead atoms. The molecule has 90 valence electrons. The molecule has 16 heavy (non-hydrogen) atoms. The summed E-state index contributed by atoms with van der Waals surface area (Å²) in [5, 5.41) is 3.78. The third kappa shape index (κ3) is 2.41. The summed E-state index contributed by atoms with van der Waals surface area (Å²) < 4.78 is 0. The Hall–Kier alpha value is -0.530. The molecule has 0 unspecified atom stereocenters. The molecule has 0 aromatic carbocycles. The zero-order chi connectivity index (χ0) is 12.3. The highest BCUT2D eigenvalue weighted by Crippen LogP contribution is 2.09. The first-order valence-electron chi connectivity index (χ1n) is 5.27. The minimum atomic E-state index is 0.604. The molecule has 0 spiro atoms. The normalized spacial score (nSPS) is 17.7. The average molecular weight is 276 g/mol. The van der Waals surface area contributed by atoms with Crippen LogP contribution in [0.2, 0.25) is 0 Å². The molecule has 1 rings (SSSR count). The van der Waals surface area contributed by atoms with Gasteiger partial charge in [0.05, 0.1) is 0 Å². The van der Waals surface area contributed by atoms with Crippen LogP contribution in [0.3, 0.4) is 0 Å². The molecule has 0 aromatic rings. The molecular formula is C9H16N4S3. The van der Waals surface area contributed by atoms with Gasteiger partial charge in [-0.2, -0.15) is 0 Å². The van der Waals surface area contributed by atoms with E-state index in [1.165, 1.54) is 0 Å². The summed E-state index contributed by atoms with van der Waals surface area (Å²) in [7, 11) is 0. The van der Waals surface area contributed by atoms with E-state index in [9.17, 15) is 0 Å². The molecule has 1 N–H and O–H groups in total. The van der Waals surface area contributed by atoms with Gasteiger partial charge in [0.15, 0.2) is 15.3 Å². The third-order valence-corrected chi connectivity index (χ3v) is 3.54. The zero-order valence-electron chi connectivity index (χ0n) is 9.69. The summed E-state index contributed by atoms with van der Waals surface area (Å²) in [6.07, 6.45) is 0. The monoisotopic (exact) mass is 276 g/mol. The first-order chi connectivity index (χ1) is 7.56. The van der Waals surface area contributed by atoms with Crippen molar-refractivity contribution in [1.29, 1.82) is 0 Å². The Kier molecular flexibility index (Phi) is 4.82. The van der Waals surface area contributed by atoms with Crippen LogP contribution >= 0.6 is 36.7 Å². The van der Waals surface area contributed by atoms with Crippen molar-refractivity contribution in [1.82, 2.24) is 20.2 Å². The van der Waals surface area contributed by atoms with Crippen LogP contribution in [0, 0.1) is 0 Å². The van der Waals surface area contributed by atoms with Gasteiger partial charge in [0, 0.05) is 19.6 Å². The molecule has 0 saturated carbocycles. The van der Waals surface area contributed by atoms with Crippen LogP contribution in [0.5, 0.6) is 0 Å². The number of thiocarbonyl (C=S) groups is 3. The molecule has 7 heteroatoms. The highest BCUT2D eigenvalue weighted by molar-refractivity contribution is 7.82. The Morgan fingerprint density at radius 1 is 0.875 bits per heavy atom. The van der Waals surface area contributed by atoms with E-state index in [4.69, 9.17) is 36.7 Å². The molecule has 0 aromatic heterocycles. The molecule has 1 fully saturated rings. The van der Waals surface area contributed by atoms with Crippen LogP contribution in [-0.2, 0) is 0 Å². The van der Waals surface area contributed by atoms with E-state index in [2.05, 4.69) is 5.43 Å². The van der Waals surface area contributed by atoms with Gasteiger partial charge in [0.2, 0.25) is 0 Å². The topological polar surface area (TPSA) is 21.8 Å². The number of hydrogen-bond donors (Lipinski definition) is 1. The fraction of sp³-hybridized carbons (Fsp3) is 0.667. The number of nitrogens with zero attached hydrogens (tertiary/aromatic N) is 3. The summed E-state index contributed by atoms with van der Waals surface area (Å²) in [5.41, 5.74) is 3.09. The molecular weight excluding hydrogens is 260 g/mol. The SMILES string of the molecule is CCN1NC(=S)N(CC)C(=S)N(CC)C1=S. The number of nitrogens with one attached hydrogen (secondary N) is 1. The second-order valence-corrected chi connectivity index (χ2v) is 4.33. The molecule has 1 aliphatic rings. The van der Waals surface area contributed by atoms with E-state index in [-0.39, 0.29) is 0 Å². The van der Waals surface area contributed by atoms with E-state index in [0.29, 0.717) is 15.3 Å². The van der Waals surface area contributed by atoms with Crippen molar-refractivity contribution < 1.29 is 0 Å². The van der Waals surface area contributed by atoms with E-state index in [1.807, 2.05) is 35.6 Å². The van der Waals surface area contributed by atoms with Gasteiger partial charge in [0.25, 0.3) is 0 Å². The van der Waals surface area contributed by atoms with E-state index in [1.54, 1.807) is 0 Å². The van der Waals surface area contributed by atoms with Gasteiger partial charge >= 0.3 is 0 Å². The standard InChI is InChI=1S/C9H16N4S3/c1-4-11-7(14)10-13(6-3)9(16)12(5-2)8(11)15/h4-6H2,1-3H3,(H,10,14). The first kappa shape index (κ1) is 13.5. The van der Waals surface area contributed by atoms with Gasteiger partial charge in [0.1, 0.15) is 0 Å². The summed E-state index contributed by atoms with van der Waals surface area (Å²) >= 11 is 16.1. The van der Waals surface area contributed by atoms with Gasteiger partial charge in [-0.25, -0.2) is 0 Å². The van der Waals surface area contributed by atoms with E-state index in [0.717, 1.165) is 19.6 Å². The fourth-order valence-electron chi connectivity index (χ4n) is 1.45. The molecule has 0 aliphatic carbocycles. The van der Waals surface area contributed by atoms with Crippen LogP contribution in [0.15, 0.2) is 0 Å². The maximum absolute atomic E-state index is 5.40. The highest BCUT2D eigenvalue weighted by Gasteiger charge is 2.28. The van der Waals surface area contributed by atoms with Crippen molar-refractivity contribution >= 4 is 52.0 Å². The second kappa shape index (κ2) is 5.70. The quantitative estimate of drug-likeness (QED) is 0.775. The van der Waals surface area contributed by atoms with Crippen molar-refractivity contribution in [2.24, 2.45) is 0 Å². The fourth-order valence-corrected chi connectivity index (χ4v) is 2.72. The Balaban J connectivity index is 3.05. The van der Waals surface area contributed by atoms with Gasteiger partial charge in [-0.05, 0) is 57.4 Å². The summed E-state index contributed by atoms with van der Waals surface area (Å²) in [4.78, 5) is 3.78. The largest absolute Gasteiger partial charge is 0.294 e. The highest BCUT2D eigenvalue weighted by atomic mass is 32.1. The third-order valence-electron chi connectivity index (χ3n) is 2.35. The van der Waals surface area contributed by atoms with Crippen molar-refractivity contribution in [3.63, 3.8) is 0 Å². The summed E-state index contributed by atoms with van der Waals surface area (Å²) in [6.45, 7) is 8.28. The Morgan fingerprint density at radius 2 is 1.44 bits per heavy atom. The lowest BCUT2D eigenvalue weighted by molar-refractivity contribution is 0.370. The summed E-state index contributed by atoms with van der Waals surface area (Å²) in [6, 6.07) is 0. The summed E-state index contributed by atoms with van der Waals surface area (Å²) in [5.74, 6) is 0. The Morgan fingerprint density at radius 3 is 1.88 bits per heavy atom. The molecule has 4 nitrogen and oxygen atoms in total. The van der Waals surface area contributed by atoms with Crippen LogP contribution in [-0.4, -0.2) is 49.8 Å². The lowest BCUT2D eigenvalue weighted by atomic mass is 10.5. The maximum atomic E-state index is 5.40. The minimum absolute atomic E-state index is 0.604. The molecule has 1 heterocycles. The minimum Gasteiger partial charge on any atom is -0.294 e. The first-order valence-corrected chi connectivity index (χ1v) is 6.50. The second-order valence-electron chi connectivity index (χ2n) is 3.21. The van der Waals surface area contributed by atoms with Crippen LogP contribution in [0.4, 0.5) is 0 Å². The predicted molar refractivity (Wildman–Crippen MR) is 78.1 cm³/mol. The Bertz CT molecular complexity index is 318. The van der Waals surface area contributed by atoms with Crippen molar-refractivity contribution in [2.75, 3.05) is 19.6 Å². The predicted octanol–water partition coefficient (Wildman–Crippen LogP) is 1.33. The van der Waals surface area contributed by atoms with Crippen molar-refractivity contribution in [2.45, 2.75) is 20.8 Å². The molecule has 1 aliphatic heterocycles. The van der Waals surface area contributed by atoms with Crippen LogP contribution in [0.1, 0.15) is 20.8 Å². The van der Waals surface area contributed by atoms with Gasteiger partial charge in [-0.15, -0.1) is 0 Å². The molecule has 0 amide bonds.